The predicted molar refractivity (Wildman–Crippen MR) is 55.3 cm³/mol. The van der Waals surface area contributed by atoms with E-state index in [1.54, 1.807) is 11.8 Å². The van der Waals surface area contributed by atoms with E-state index in [0.717, 1.165) is 16.3 Å². The molecule has 1 aliphatic rings. The molecule has 0 fully saturated rings. The number of hydrogen-bond acceptors (Lipinski definition) is 3. The first kappa shape index (κ1) is 8.44. The maximum absolute atomic E-state index is 11.0. The lowest BCUT2D eigenvalue weighted by molar-refractivity contribution is -0.113. The zero-order chi connectivity index (χ0) is 9.26. The molecule has 0 bridgehead atoms. The number of nitrogens with one attached hydrogen (secondary N) is 2. The fourth-order valence-corrected chi connectivity index (χ4v) is 2.07. The van der Waals surface area contributed by atoms with Gasteiger partial charge in [-0.1, -0.05) is 0 Å². The van der Waals surface area contributed by atoms with E-state index in [1.165, 1.54) is 0 Å². The quantitative estimate of drug-likeness (QED) is 0.716. The lowest BCUT2D eigenvalue weighted by Crippen LogP contribution is -2.18. The van der Waals surface area contributed by atoms with Crippen LogP contribution in [-0.2, 0) is 4.79 Å². The van der Waals surface area contributed by atoms with E-state index in [0.29, 0.717) is 5.75 Å². The molecular formula is C9H10N2OS. The third kappa shape index (κ3) is 1.62. The Bertz CT molecular complexity index is 351. The van der Waals surface area contributed by atoms with Crippen molar-refractivity contribution in [1.82, 2.24) is 0 Å². The molecule has 2 rings (SSSR count). The lowest BCUT2D eigenvalue weighted by atomic mass is 10.2. The molecule has 1 amide bonds. The number of thioether (sulfide) groups is 1. The molecule has 0 spiro atoms. The molecule has 1 heterocycles. The van der Waals surface area contributed by atoms with Crippen LogP contribution in [-0.4, -0.2) is 18.7 Å². The van der Waals surface area contributed by atoms with E-state index in [1.807, 2.05) is 25.2 Å². The summed E-state index contributed by atoms with van der Waals surface area (Å²) >= 11 is 1.57. The number of carbonyl (C=O) groups is 1. The highest BCUT2D eigenvalue weighted by Gasteiger charge is 2.14. The summed E-state index contributed by atoms with van der Waals surface area (Å²) in [5, 5.41) is 5.89. The van der Waals surface area contributed by atoms with Gasteiger partial charge in [-0.15, -0.1) is 11.8 Å². The Labute approximate surface area is 80.9 Å². The molecule has 13 heavy (non-hydrogen) atoms. The van der Waals surface area contributed by atoms with Crippen LogP contribution >= 0.6 is 11.8 Å². The minimum Gasteiger partial charge on any atom is -0.388 e. The van der Waals surface area contributed by atoms with Gasteiger partial charge in [0.15, 0.2) is 0 Å². The van der Waals surface area contributed by atoms with Gasteiger partial charge in [0.25, 0.3) is 0 Å². The van der Waals surface area contributed by atoms with Gasteiger partial charge in [0.1, 0.15) is 0 Å². The highest BCUT2D eigenvalue weighted by Crippen LogP contribution is 2.33. The van der Waals surface area contributed by atoms with Crippen LogP contribution in [0.25, 0.3) is 0 Å². The van der Waals surface area contributed by atoms with Gasteiger partial charge >= 0.3 is 0 Å². The third-order valence-corrected chi connectivity index (χ3v) is 2.96. The summed E-state index contributed by atoms with van der Waals surface area (Å²) in [4.78, 5) is 12.2. The van der Waals surface area contributed by atoms with Gasteiger partial charge in [-0.05, 0) is 18.2 Å². The molecule has 4 heteroatoms. The highest BCUT2D eigenvalue weighted by molar-refractivity contribution is 8.00. The van der Waals surface area contributed by atoms with Crippen molar-refractivity contribution in [2.24, 2.45) is 0 Å². The van der Waals surface area contributed by atoms with Crippen molar-refractivity contribution in [3.63, 3.8) is 0 Å². The molecule has 0 aromatic heterocycles. The number of carbonyl (C=O) groups excluding carboxylic acids is 1. The van der Waals surface area contributed by atoms with Crippen molar-refractivity contribution in [3.05, 3.63) is 18.2 Å². The molecule has 0 radical (unpaired) electrons. The van der Waals surface area contributed by atoms with Crippen LogP contribution in [0.5, 0.6) is 0 Å². The number of fused-ring (bicyclic) bond motifs is 1. The van der Waals surface area contributed by atoms with Crippen molar-refractivity contribution >= 4 is 29.0 Å². The maximum Gasteiger partial charge on any atom is 0.234 e. The van der Waals surface area contributed by atoms with Gasteiger partial charge in [-0.2, -0.15) is 0 Å². The van der Waals surface area contributed by atoms with Crippen LogP contribution in [0.3, 0.4) is 0 Å². The van der Waals surface area contributed by atoms with Crippen LogP contribution < -0.4 is 10.6 Å². The van der Waals surface area contributed by atoms with Gasteiger partial charge in [-0.25, -0.2) is 0 Å². The fourth-order valence-electron chi connectivity index (χ4n) is 1.23. The second-order valence-electron chi connectivity index (χ2n) is 2.80. The first-order chi connectivity index (χ1) is 6.29. The van der Waals surface area contributed by atoms with E-state index in [-0.39, 0.29) is 5.91 Å². The second-order valence-corrected chi connectivity index (χ2v) is 3.81. The summed E-state index contributed by atoms with van der Waals surface area (Å²) in [6.45, 7) is 0. The Kier molecular flexibility index (Phi) is 2.14. The van der Waals surface area contributed by atoms with E-state index in [9.17, 15) is 4.79 Å². The Balaban J connectivity index is 2.36. The monoisotopic (exact) mass is 194 g/mol. The summed E-state index contributed by atoms with van der Waals surface area (Å²) in [5.41, 5.74) is 1.99. The fraction of sp³-hybridized carbons (Fsp3) is 0.222. The van der Waals surface area contributed by atoms with Gasteiger partial charge < -0.3 is 10.6 Å². The SMILES string of the molecule is CNc1ccc2c(c1)SCC(=O)N2. The molecule has 0 atom stereocenters. The van der Waals surface area contributed by atoms with Gasteiger partial charge in [0.2, 0.25) is 5.91 Å². The summed E-state index contributed by atoms with van der Waals surface area (Å²) < 4.78 is 0. The minimum absolute atomic E-state index is 0.0784. The molecule has 1 aromatic carbocycles. The zero-order valence-electron chi connectivity index (χ0n) is 7.26. The number of hydrogen-bond donors (Lipinski definition) is 2. The summed E-state index contributed by atoms with van der Waals surface area (Å²) in [5.74, 6) is 0.592. The van der Waals surface area contributed by atoms with Crippen LogP contribution in [0.15, 0.2) is 23.1 Å². The molecule has 3 nitrogen and oxygen atoms in total. The van der Waals surface area contributed by atoms with E-state index in [4.69, 9.17) is 0 Å². The van der Waals surface area contributed by atoms with E-state index in [2.05, 4.69) is 10.6 Å². The first-order valence-electron chi connectivity index (χ1n) is 4.04. The second kappa shape index (κ2) is 3.30. The van der Waals surface area contributed by atoms with Crippen molar-refractivity contribution in [2.45, 2.75) is 4.90 Å². The van der Waals surface area contributed by atoms with Crippen molar-refractivity contribution in [1.29, 1.82) is 0 Å². The van der Waals surface area contributed by atoms with Crippen molar-refractivity contribution in [3.8, 4) is 0 Å². The Morgan fingerprint density at radius 2 is 2.38 bits per heavy atom. The molecule has 0 saturated heterocycles. The Morgan fingerprint density at radius 3 is 3.15 bits per heavy atom. The molecular weight excluding hydrogens is 184 g/mol. The lowest BCUT2D eigenvalue weighted by Gasteiger charge is -2.16. The average molecular weight is 194 g/mol. The highest BCUT2D eigenvalue weighted by atomic mass is 32.2. The molecule has 0 unspecified atom stereocenters. The zero-order valence-corrected chi connectivity index (χ0v) is 8.07. The van der Waals surface area contributed by atoms with Crippen LogP contribution in [0.1, 0.15) is 0 Å². The molecule has 1 aliphatic heterocycles. The number of rotatable bonds is 1. The number of anilines is 2. The number of amides is 1. The van der Waals surface area contributed by atoms with Gasteiger partial charge in [0.05, 0.1) is 11.4 Å². The topological polar surface area (TPSA) is 41.1 Å². The largest absolute Gasteiger partial charge is 0.388 e. The first-order valence-corrected chi connectivity index (χ1v) is 5.02. The average Bonchev–Trinajstić information content (AvgIpc) is 2.17. The van der Waals surface area contributed by atoms with Crippen LogP contribution in [0, 0.1) is 0 Å². The summed E-state index contributed by atoms with van der Waals surface area (Å²) in [7, 11) is 1.88. The van der Waals surface area contributed by atoms with Crippen LogP contribution in [0.2, 0.25) is 0 Å². The van der Waals surface area contributed by atoms with Crippen molar-refractivity contribution in [2.75, 3.05) is 23.4 Å². The van der Waals surface area contributed by atoms with E-state index >= 15 is 0 Å². The molecule has 0 aliphatic carbocycles. The molecule has 68 valence electrons. The van der Waals surface area contributed by atoms with Gasteiger partial charge in [-0.3, -0.25) is 4.79 Å². The third-order valence-electron chi connectivity index (χ3n) is 1.90. The normalized spacial score (nSPS) is 14.7. The summed E-state index contributed by atoms with van der Waals surface area (Å²) in [6, 6.07) is 5.91. The van der Waals surface area contributed by atoms with Crippen molar-refractivity contribution < 1.29 is 4.79 Å². The Hall–Kier alpha value is -1.16. The maximum atomic E-state index is 11.0. The number of benzene rings is 1. The van der Waals surface area contributed by atoms with E-state index < -0.39 is 0 Å². The minimum atomic E-state index is 0.0784. The van der Waals surface area contributed by atoms with Gasteiger partial charge in [0, 0.05) is 17.6 Å². The standard InChI is InChI=1S/C9H10N2OS/c1-10-6-2-3-7-8(4-6)13-5-9(12)11-7/h2-4,10H,5H2,1H3,(H,11,12). The Morgan fingerprint density at radius 1 is 1.54 bits per heavy atom. The molecule has 0 saturated carbocycles. The predicted octanol–water partition coefficient (Wildman–Crippen LogP) is 1.77. The smallest absolute Gasteiger partial charge is 0.234 e. The molecule has 2 N–H and O–H groups in total. The van der Waals surface area contributed by atoms with Crippen LogP contribution in [0.4, 0.5) is 11.4 Å². The summed E-state index contributed by atoms with van der Waals surface area (Å²) in [6.07, 6.45) is 0. The molecule has 1 aromatic rings.